The van der Waals surface area contributed by atoms with E-state index in [1.165, 1.54) is 0 Å². The molecule has 0 radical (unpaired) electrons. The van der Waals surface area contributed by atoms with Crippen molar-refractivity contribution in [3.8, 4) is 11.5 Å². The van der Waals surface area contributed by atoms with Crippen molar-refractivity contribution in [2.45, 2.75) is 20.3 Å². The lowest BCUT2D eigenvalue weighted by atomic mass is 10.0. The predicted octanol–water partition coefficient (Wildman–Crippen LogP) is 3.86. The Morgan fingerprint density at radius 2 is 1.81 bits per heavy atom. The fourth-order valence-electron chi connectivity index (χ4n) is 2.76. The van der Waals surface area contributed by atoms with Gasteiger partial charge in [-0.1, -0.05) is 29.8 Å². The van der Waals surface area contributed by atoms with Gasteiger partial charge in [0.1, 0.15) is 0 Å². The summed E-state index contributed by atoms with van der Waals surface area (Å²) < 4.78 is 15.9. The number of hydrogen-bond donors (Lipinski definition) is 0. The normalized spacial score (nSPS) is 15.0. The number of nitrogens with zero attached hydrogens (tertiary/aromatic N) is 1. The molecule has 3 rings (SSSR count). The largest absolute Gasteiger partial charge is 0.493 e. The zero-order valence-corrected chi connectivity index (χ0v) is 15.3. The van der Waals surface area contributed by atoms with E-state index < -0.39 is 5.97 Å². The van der Waals surface area contributed by atoms with Gasteiger partial charge in [-0.3, -0.25) is 0 Å². The highest BCUT2D eigenvalue weighted by molar-refractivity contribution is 6.07. The lowest BCUT2D eigenvalue weighted by Crippen LogP contribution is -2.07. The molecule has 0 fully saturated rings. The summed E-state index contributed by atoms with van der Waals surface area (Å²) in [6.07, 6.45) is 2.17. The first-order chi connectivity index (χ1) is 12.5. The van der Waals surface area contributed by atoms with Crippen LogP contribution in [0.1, 0.15) is 22.3 Å². The second kappa shape index (κ2) is 7.44. The van der Waals surface area contributed by atoms with E-state index in [1.54, 1.807) is 20.3 Å². The van der Waals surface area contributed by atoms with Crippen LogP contribution in [0.2, 0.25) is 0 Å². The summed E-state index contributed by atoms with van der Waals surface area (Å²) in [4.78, 5) is 16.5. The van der Waals surface area contributed by atoms with Crippen molar-refractivity contribution in [1.29, 1.82) is 0 Å². The number of cyclic esters (lactones) is 1. The van der Waals surface area contributed by atoms with Crippen LogP contribution in [-0.2, 0) is 16.0 Å². The van der Waals surface area contributed by atoms with Crippen LogP contribution in [0.15, 0.2) is 47.1 Å². The average molecular weight is 351 g/mol. The number of aliphatic imine (C=N–C) groups is 1. The molecule has 0 aromatic heterocycles. The van der Waals surface area contributed by atoms with Crippen molar-refractivity contribution in [2.75, 3.05) is 14.2 Å². The maximum Gasteiger partial charge on any atom is 0.363 e. The molecule has 0 saturated heterocycles. The molecule has 5 nitrogen and oxygen atoms in total. The summed E-state index contributed by atoms with van der Waals surface area (Å²) in [5.41, 5.74) is 4.41. The smallest absolute Gasteiger partial charge is 0.363 e. The molecular weight excluding hydrogens is 330 g/mol. The van der Waals surface area contributed by atoms with Crippen LogP contribution in [0.4, 0.5) is 0 Å². The Morgan fingerprint density at radius 3 is 2.54 bits per heavy atom. The standard InChI is InChI=1S/C21H21NO4/c1-13-5-6-14(2)16(9-13)12-17-21(23)26-20(22-17)11-15-7-8-18(24-3)19(10-15)25-4/h5-10,12H,11H2,1-4H3/b17-12+. The molecule has 0 saturated carbocycles. The summed E-state index contributed by atoms with van der Waals surface area (Å²) in [6.45, 7) is 4.01. The molecule has 0 bridgehead atoms. The van der Waals surface area contributed by atoms with E-state index in [0.29, 0.717) is 29.5 Å². The zero-order valence-electron chi connectivity index (χ0n) is 15.3. The molecule has 0 unspecified atom stereocenters. The van der Waals surface area contributed by atoms with Gasteiger partial charge in [-0.15, -0.1) is 0 Å². The van der Waals surface area contributed by atoms with Gasteiger partial charge in [-0.05, 0) is 48.7 Å². The van der Waals surface area contributed by atoms with Crippen molar-refractivity contribution in [2.24, 2.45) is 4.99 Å². The molecule has 5 heteroatoms. The zero-order chi connectivity index (χ0) is 18.7. The van der Waals surface area contributed by atoms with Crippen molar-refractivity contribution in [3.05, 3.63) is 64.3 Å². The highest BCUT2D eigenvalue weighted by Crippen LogP contribution is 2.28. The lowest BCUT2D eigenvalue weighted by Gasteiger charge is -2.09. The summed E-state index contributed by atoms with van der Waals surface area (Å²) in [5, 5.41) is 0. The highest BCUT2D eigenvalue weighted by atomic mass is 16.6. The third kappa shape index (κ3) is 3.77. The first-order valence-corrected chi connectivity index (χ1v) is 8.29. The second-order valence-corrected chi connectivity index (χ2v) is 6.15. The minimum atomic E-state index is -0.429. The van der Waals surface area contributed by atoms with Gasteiger partial charge in [0.15, 0.2) is 17.2 Å². The maximum absolute atomic E-state index is 12.1. The number of methoxy groups -OCH3 is 2. The molecule has 2 aromatic carbocycles. The summed E-state index contributed by atoms with van der Waals surface area (Å²) in [6, 6.07) is 11.6. The Hall–Kier alpha value is -3.08. The third-order valence-electron chi connectivity index (χ3n) is 4.20. The van der Waals surface area contributed by atoms with E-state index in [0.717, 1.165) is 22.3 Å². The molecule has 0 atom stereocenters. The number of ether oxygens (including phenoxy) is 3. The van der Waals surface area contributed by atoms with Gasteiger partial charge >= 0.3 is 5.97 Å². The summed E-state index contributed by atoms with van der Waals surface area (Å²) >= 11 is 0. The minimum absolute atomic E-state index is 0.314. The Kier molecular flexibility index (Phi) is 5.07. The lowest BCUT2D eigenvalue weighted by molar-refractivity contribution is -0.130. The maximum atomic E-state index is 12.1. The highest BCUT2D eigenvalue weighted by Gasteiger charge is 2.23. The number of benzene rings is 2. The molecule has 0 N–H and O–H groups in total. The number of hydrogen-bond acceptors (Lipinski definition) is 5. The fraction of sp³-hybridized carbons (Fsp3) is 0.238. The topological polar surface area (TPSA) is 57.1 Å². The van der Waals surface area contributed by atoms with Crippen LogP contribution in [0, 0.1) is 13.8 Å². The van der Waals surface area contributed by atoms with E-state index in [2.05, 4.69) is 4.99 Å². The summed E-state index contributed by atoms with van der Waals surface area (Å²) in [7, 11) is 3.17. The first-order valence-electron chi connectivity index (χ1n) is 8.29. The Labute approximate surface area is 152 Å². The van der Waals surface area contributed by atoms with Crippen molar-refractivity contribution < 1.29 is 19.0 Å². The SMILES string of the molecule is COc1ccc(CC2=N/C(=C/c3cc(C)ccc3C)C(=O)O2)cc1OC. The van der Waals surface area contributed by atoms with Crippen molar-refractivity contribution in [3.63, 3.8) is 0 Å². The van der Waals surface area contributed by atoms with Gasteiger partial charge in [-0.2, -0.15) is 0 Å². The molecule has 134 valence electrons. The van der Waals surface area contributed by atoms with E-state index in [-0.39, 0.29) is 0 Å². The summed E-state index contributed by atoms with van der Waals surface area (Å²) in [5.74, 6) is 1.22. The molecule has 1 aliphatic rings. The monoisotopic (exact) mass is 351 g/mol. The molecule has 2 aromatic rings. The van der Waals surface area contributed by atoms with Gasteiger partial charge in [0, 0.05) is 6.42 Å². The second-order valence-electron chi connectivity index (χ2n) is 6.15. The number of aryl methyl sites for hydroxylation is 2. The molecule has 0 amide bonds. The van der Waals surface area contributed by atoms with Gasteiger partial charge in [-0.25, -0.2) is 9.79 Å². The molecule has 1 heterocycles. The van der Waals surface area contributed by atoms with Crippen LogP contribution in [0.5, 0.6) is 11.5 Å². The van der Waals surface area contributed by atoms with Gasteiger partial charge in [0.05, 0.1) is 14.2 Å². The Morgan fingerprint density at radius 1 is 1.04 bits per heavy atom. The Balaban J connectivity index is 1.84. The number of carbonyl (C=O) groups excluding carboxylic acids is 1. The fourth-order valence-corrected chi connectivity index (χ4v) is 2.76. The molecule has 26 heavy (non-hydrogen) atoms. The van der Waals surface area contributed by atoms with E-state index in [4.69, 9.17) is 14.2 Å². The molecule has 0 spiro atoms. The Bertz CT molecular complexity index is 912. The molecule has 1 aliphatic heterocycles. The van der Waals surface area contributed by atoms with Crippen LogP contribution >= 0.6 is 0 Å². The number of esters is 1. The van der Waals surface area contributed by atoms with Crippen molar-refractivity contribution in [1.82, 2.24) is 0 Å². The number of rotatable bonds is 5. The van der Waals surface area contributed by atoms with E-state index >= 15 is 0 Å². The van der Waals surface area contributed by atoms with E-state index in [9.17, 15) is 4.79 Å². The first kappa shape index (κ1) is 17.7. The predicted molar refractivity (Wildman–Crippen MR) is 101 cm³/mol. The molecule has 0 aliphatic carbocycles. The van der Waals surface area contributed by atoms with Gasteiger partial charge in [0.25, 0.3) is 0 Å². The van der Waals surface area contributed by atoms with Crippen LogP contribution in [-0.4, -0.2) is 26.1 Å². The quantitative estimate of drug-likeness (QED) is 0.606. The van der Waals surface area contributed by atoms with E-state index in [1.807, 2.05) is 50.2 Å². The minimum Gasteiger partial charge on any atom is -0.493 e. The van der Waals surface area contributed by atoms with Gasteiger partial charge in [0.2, 0.25) is 5.90 Å². The average Bonchev–Trinajstić information content (AvgIpc) is 2.97. The van der Waals surface area contributed by atoms with Gasteiger partial charge < -0.3 is 14.2 Å². The van der Waals surface area contributed by atoms with Crippen molar-refractivity contribution >= 4 is 17.9 Å². The number of carbonyl (C=O) groups is 1. The molecular formula is C21H21NO4. The van der Waals surface area contributed by atoms with Crippen LogP contribution in [0.3, 0.4) is 0 Å². The third-order valence-corrected chi connectivity index (χ3v) is 4.20. The van der Waals surface area contributed by atoms with Crippen LogP contribution < -0.4 is 9.47 Å². The van der Waals surface area contributed by atoms with Crippen LogP contribution in [0.25, 0.3) is 6.08 Å².